The molecule has 0 aromatic carbocycles. The zero-order chi connectivity index (χ0) is 11.7. The summed E-state index contributed by atoms with van der Waals surface area (Å²) in [6.07, 6.45) is 1.31. The monoisotopic (exact) mass is 243 g/mol. The number of aromatic amines is 1. The number of nitrogens with two attached hydrogens (primary N) is 1. The van der Waals surface area contributed by atoms with Crippen molar-refractivity contribution in [1.29, 1.82) is 0 Å². The van der Waals surface area contributed by atoms with Gasteiger partial charge in [0.05, 0.1) is 0 Å². The molecule has 2 rings (SSSR count). The van der Waals surface area contributed by atoms with Crippen LogP contribution in [-0.2, 0) is 10.8 Å². The molecule has 0 atom stereocenters. The Kier molecular flexibility index (Phi) is 2.95. The lowest BCUT2D eigenvalue weighted by atomic mass is 10.1. The van der Waals surface area contributed by atoms with Gasteiger partial charge in [0, 0.05) is 34.4 Å². The van der Waals surface area contributed by atoms with E-state index in [1.165, 1.54) is 10.6 Å². The van der Waals surface area contributed by atoms with Crippen molar-refractivity contribution in [2.24, 2.45) is 0 Å². The summed E-state index contributed by atoms with van der Waals surface area (Å²) in [5.74, 6) is 1.33. The van der Waals surface area contributed by atoms with E-state index < -0.39 is 22.0 Å². The molecular weight excluding hydrogens is 230 g/mol. The zero-order valence-corrected chi connectivity index (χ0v) is 9.46. The van der Waals surface area contributed by atoms with Crippen LogP contribution in [0.1, 0.15) is 18.9 Å². The Morgan fingerprint density at radius 3 is 2.56 bits per heavy atom. The lowest BCUT2D eigenvalue weighted by Gasteiger charge is -2.24. The molecule has 0 radical (unpaired) electrons. The van der Waals surface area contributed by atoms with Gasteiger partial charge in [0.1, 0.15) is 5.82 Å². The van der Waals surface area contributed by atoms with Gasteiger partial charge in [-0.3, -0.25) is 18.6 Å². The van der Waals surface area contributed by atoms with E-state index in [-0.39, 0.29) is 11.9 Å². The summed E-state index contributed by atoms with van der Waals surface area (Å²) in [6, 6.07) is 1.15. The Labute approximate surface area is 93.9 Å². The quantitative estimate of drug-likeness (QED) is 0.674. The van der Waals surface area contributed by atoms with E-state index >= 15 is 0 Å². The molecule has 1 aliphatic rings. The molecule has 0 aliphatic carbocycles. The second kappa shape index (κ2) is 4.25. The molecule has 0 spiro atoms. The van der Waals surface area contributed by atoms with Crippen molar-refractivity contribution in [2.45, 2.75) is 18.9 Å². The number of nitrogen functional groups attached to an aromatic ring is 1. The van der Waals surface area contributed by atoms with E-state index in [4.69, 9.17) is 5.73 Å². The van der Waals surface area contributed by atoms with Crippen molar-refractivity contribution in [3.8, 4) is 0 Å². The zero-order valence-electron chi connectivity index (χ0n) is 8.64. The molecule has 0 unspecified atom stereocenters. The van der Waals surface area contributed by atoms with Crippen LogP contribution in [-0.4, -0.2) is 25.3 Å². The first kappa shape index (κ1) is 11.1. The summed E-state index contributed by atoms with van der Waals surface area (Å²) in [6.45, 7) is 0. The topological polar surface area (TPSA) is 97.9 Å². The fourth-order valence-corrected chi connectivity index (χ4v) is 3.21. The van der Waals surface area contributed by atoms with Gasteiger partial charge in [-0.2, -0.15) is 0 Å². The summed E-state index contributed by atoms with van der Waals surface area (Å²) in [5, 5.41) is 0. The summed E-state index contributed by atoms with van der Waals surface area (Å²) < 4.78 is 12.6. The summed E-state index contributed by atoms with van der Waals surface area (Å²) in [7, 11) is -0.780. The average Bonchev–Trinajstić information content (AvgIpc) is 2.19. The molecule has 2 heterocycles. The lowest BCUT2D eigenvalue weighted by Crippen LogP contribution is -2.36. The maximum Gasteiger partial charge on any atom is 0.330 e. The number of hydrogen-bond acceptors (Lipinski definition) is 4. The minimum Gasteiger partial charge on any atom is -0.385 e. The lowest BCUT2D eigenvalue weighted by molar-refractivity contribution is 0.447. The first-order chi connectivity index (χ1) is 7.58. The van der Waals surface area contributed by atoms with Gasteiger partial charge in [-0.15, -0.1) is 0 Å². The Morgan fingerprint density at radius 2 is 2.00 bits per heavy atom. The third-order valence-corrected chi connectivity index (χ3v) is 4.11. The molecule has 0 bridgehead atoms. The largest absolute Gasteiger partial charge is 0.385 e. The van der Waals surface area contributed by atoms with E-state index in [9.17, 15) is 13.8 Å². The van der Waals surface area contributed by atoms with Crippen LogP contribution in [0.4, 0.5) is 5.82 Å². The predicted molar refractivity (Wildman–Crippen MR) is 61.9 cm³/mol. The van der Waals surface area contributed by atoms with Crippen LogP contribution in [0.2, 0.25) is 0 Å². The number of rotatable bonds is 1. The van der Waals surface area contributed by atoms with E-state index in [1.807, 2.05) is 0 Å². The maximum absolute atomic E-state index is 11.6. The SMILES string of the molecule is Nc1cc(=O)[nH]c(=O)n1C1CCS(=O)CC1. The summed E-state index contributed by atoms with van der Waals surface area (Å²) in [5.41, 5.74) is 4.68. The van der Waals surface area contributed by atoms with Crippen LogP contribution < -0.4 is 17.0 Å². The van der Waals surface area contributed by atoms with Crippen LogP contribution in [0.25, 0.3) is 0 Å². The molecule has 1 fully saturated rings. The third kappa shape index (κ3) is 2.08. The smallest absolute Gasteiger partial charge is 0.330 e. The van der Waals surface area contributed by atoms with Gasteiger partial charge in [-0.05, 0) is 12.8 Å². The van der Waals surface area contributed by atoms with Gasteiger partial charge in [0.15, 0.2) is 0 Å². The normalized spacial score (nSPS) is 25.5. The highest BCUT2D eigenvalue weighted by Crippen LogP contribution is 2.22. The van der Waals surface area contributed by atoms with Crippen molar-refractivity contribution in [3.63, 3.8) is 0 Å². The van der Waals surface area contributed by atoms with Gasteiger partial charge < -0.3 is 5.73 Å². The molecule has 88 valence electrons. The van der Waals surface area contributed by atoms with Crippen LogP contribution in [0.5, 0.6) is 0 Å². The number of nitrogens with zero attached hydrogens (tertiary/aromatic N) is 1. The Bertz CT molecular complexity index is 524. The first-order valence-electron chi connectivity index (χ1n) is 5.04. The number of H-pyrrole nitrogens is 1. The van der Waals surface area contributed by atoms with Crippen LogP contribution in [0.15, 0.2) is 15.7 Å². The van der Waals surface area contributed by atoms with E-state index in [1.54, 1.807) is 0 Å². The average molecular weight is 243 g/mol. The number of nitrogens with one attached hydrogen (secondary N) is 1. The fourth-order valence-electron chi connectivity index (χ4n) is 1.94. The van der Waals surface area contributed by atoms with Crippen LogP contribution >= 0.6 is 0 Å². The molecule has 6 nitrogen and oxygen atoms in total. The Morgan fingerprint density at radius 1 is 1.38 bits per heavy atom. The third-order valence-electron chi connectivity index (χ3n) is 2.73. The second-order valence-corrected chi connectivity index (χ2v) is 5.51. The second-order valence-electron chi connectivity index (χ2n) is 3.81. The van der Waals surface area contributed by atoms with Crippen LogP contribution in [0, 0.1) is 0 Å². The fraction of sp³-hybridized carbons (Fsp3) is 0.556. The Balaban J connectivity index is 2.37. The van der Waals surface area contributed by atoms with E-state index in [0.29, 0.717) is 24.3 Å². The molecule has 1 aromatic rings. The molecule has 1 saturated heterocycles. The van der Waals surface area contributed by atoms with Crippen molar-refractivity contribution < 1.29 is 4.21 Å². The minimum atomic E-state index is -0.780. The molecule has 3 N–H and O–H groups in total. The van der Waals surface area contributed by atoms with Crippen LogP contribution in [0.3, 0.4) is 0 Å². The standard InChI is InChI=1S/C9H13N3O3S/c10-7-5-8(13)11-9(14)12(7)6-1-3-16(15)4-2-6/h5-6H,1-4,10H2,(H,11,13,14). The highest BCUT2D eigenvalue weighted by Gasteiger charge is 2.21. The molecule has 16 heavy (non-hydrogen) atoms. The van der Waals surface area contributed by atoms with Crippen molar-refractivity contribution >= 4 is 16.6 Å². The number of anilines is 1. The highest BCUT2D eigenvalue weighted by molar-refractivity contribution is 7.85. The van der Waals surface area contributed by atoms with Gasteiger partial charge >= 0.3 is 5.69 Å². The van der Waals surface area contributed by atoms with Gasteiger partial charge in [0.25, 0.3) is 5.56 Å². The summed E-state index contributed by atoms with van der Waals surface area (Å²) in [4.78, 5) is 24.8. The van der Waals surface area contributed by atoms with Gasteiger partial charge in [0.2, 0.25) is 0 Å². The maximum atomic E-state index is 11.6. The number of aromatic nitrogens is 2. The van der Waals surface area contributed by atoms with Crippen molar-refractivity contribution in [1.82, 2.24) is 9.55 Å². The highest BCUT2D eigenvalue weighted by atomic mass is 32.2. The van der Waals surface area contributed by atoms with Gasteiger partial charge in [-0.1, -0.05) is 0 Å². The van der Waals surface area contributed by atoms with Crippen molar-refractivity contribution in [2.75, 3.05) is 17.2 Å². The number of hydrogen-bond donors (Lipinski definition) is 2. The molecule has 0 amide bonds. The Hall–Kier alpha value is -1.37. The summed E-state index contributed by atoms with van der Waals surface area (Å²) >= 11 is 0. The predicted octanol–water partition coefficient (Wildman–Crippen LogP) is -0.798. The van der Waals surface area contributed by atoms with Gasteiger partial charge in [-0.25, -0.2) is 4.79 Å². The van der Waals surface area contributed by atoms with E-state index in [2.05, 4.69) is 4.98 Å². The molecule has 0 saturated carbocycles. The molecule has 1 aliphatic heterocycles. The first-order valence-corrected chi connectivity index (χ1v) is 6.53. The molecular formula is C9H13N3O3S. The van der Waals surface area contributed by atoms with Crippen molar-refractivity contribution in [3.05, 3.63) is 26.9 Å². The minimum absolute atomic E-state index is 0.0537. The van der Waals surface area contributed by atoms with E-state index in [0.717, 1.165) is 0 Å². The molecule has 1 aromatic heterocycles. The molecule has 7 heteroatoms.